The Bertz CT molecular complexity index is 194. The zero-order valence-corrected chi connectivity index (χ0v) is 6.82. The van der Waals surface area contributed by atoms with E-state index < -0.39 is 0 Å². The van der Waals surface area contributed by atoms with Crippen LogP contribution in [0.1, 0.15) is 26.2 Å². The zero-order chi connectivity index (χ0) is 7.40. The van der Waals surface area contributed by atoms with Gasteiger partial charge in [0.1, 0.15) is 0 Å². The van der Waals surface area contributed by atoms with Crippen molar-refractivity contribution in [2.75, 3.05) is 0 Å². The van der Waals surface area contributed by atoms with Crippen LogP contribution in [-0.4, -0.2) is 17.0 Å². The zero-order valence-electron chi connectivity index (χ0n) is 6.00. The fourth-order valence-electron chi connectivity index (χ4n) is 0.789. The van der Waals surface area contributed by atoms with Crippen molar-refractivity contribution in [1.29, 1.82) is 0 Å². The van der Waals surface area contributed by atoms with E-state index in [1.165, 1.54) is 12.8 Å². The molecular formula is C7H10N2S. The largest absolute Gasteiger partial charge is 0.225 e. The number of hydrogen-bond acceptors (Lipinski definition) is 1. The molecule has 0 bridgehead atoms. The van der Waals surface area contributed by atoms with Gasteiger partial charge in [-0.2, -0.15) is 0 Å². The summed E-state index contributed by atoms with van der Waals surface area (Å²) in [4.78, 5) is 7.93. The summed E-state index contributed by atoms with van der Waals surface area (Å²) in [6.45, 7) is 2.16. The fraction of sp³-hybridized carbons (Fsp3) is 0.571. The maximum Gasteiger partial charge on any atom is 0.219 e. The van der Waals surface area contributed by atoms with E-state index in [0.29, 0.717) is 5.11 Å². The molecule has 1 aliphatic rings. The molecule has 0 radical (unpaired) electrons. The third-order valence-electron chi connectivity index (χ3n) is 1.35. The van der Waals surface area contributed by atoms with Gasteiger partial charge in [-0.3, -0.25) is 0 Å². The summed E-state index contributed by atoms with van der Waals surface area (Å²) in [5.41, 5.74) is 1.03. The number of nitrogens with zero attached hydrogens (tertiary/aromatic N) is 2. The fourth-order valence-corrected chi connectivity index (χ4v) is 0.959. The van der Waals surface area contributed by atoms with Crippen LogP contribution in [-0.2, 0) is 0 Å². The molecule has 3 heteroatoms. The maximum absolute atomic E-state index is 4.76. The van der Waals surface area contributed by atoms with Crippen LogP contribution in [0.2, 0.25) is 0 Å². The molecule has 0 N–H and O–H groups in total. The molecule has 0 aliphatic carbocycles. The molecule has 0 unspecified atom stereocenters. The van der Waals surface area contributed by atoms with E-state index in [-0.39, 0.29) is 0 Å². The van der Waals surface area contributed by atoms with E-state index in [1.807, 2.05) is 0 Å². The predicted molar refractivity (Wildman–Crippen MR) is 48.1 cm³/mol. The minimum absolute atomic E-state index is 0.478. The van der Waals surface area contributed by atoms with Crippen molar-refractivity contribution in [1.82, 2.24) is 0 Å². The van der Waals surface area contributed by atoms with Gasteiger partial charge in [-0.05, 0) is 25.1 Å². The van der Waals surface area contributed by atoms with Gasteiger partial charge in [0, 0.05) is 0 Å². The van der Waals surface area contributed by atoms with E-state index in [0.717, 1.165) is 12.1 Å². The molecule has 0 saturated carbocycles. The lowest BCUT2D eigenvalue weighted by atomic mass is 10.2. The summed E-state index contributed by atoms with van der Waals surface area (Å²) < 4.78 is 0. The van der Waals surface area contributed by atoms with Crippen LogP contribution in [0.4, 0.5) is 0 Å². The Morgan fingerprint density at radius 2 is 2.40 bits per heavy atom. The molecule has 54 valence electrons. The third-order valence-corrected chi connectivity index (χ3v) is 1.55. The van der Waals surface area contributed by atoms with Gasteiger partial charge in [0.2, 0.25) is 5.11 Å². The van der Waals surface area contributed by atoms with Crippen LogP contribution < -0.4 is 0 Å². The van der Waals surface area contributed by atoms with E-state index in [2.05, 4.69) is 16.9 Å². The Hall–Kier alpha value is -0.570. The highest BCUT2D eigenvalue weighted by Gasteiger charge is 2.02. The number of aliphatic imine (C=N–C) groups is 2. The summed E-state index contributed by atoms with van der Waals surface area (Å²) in [7, 11) is 0. The highest BCUT2D eigenvalue weighted by atomic mass is 32.1. The predicted octanol–water partition coefficient (Wildman–Crippen LogP) is 1.99. The number of thiocarbonyl (C=S) groups is 1. The average molecular weight is 154 g/mol. The van der Waals surface area contributed by atoms with Crippen molar-refractivity contribution in [2.24, 2.45) is 9.98 Å². The van der Waals surface area contributed by atoms with Crippen molar-refractivity contribution in [3.8, 4) is 0 Å². The van der Waals surface area contributed by atoms with E-state index >= 15 is 0 Å². The smallest absolute Gasteiger partial charge is 0.219 e. The molecule has 1 heterocycles. The Labute approximate surface area is 66.1 Å². The lowest BCUT2D eigenvalue weighted by Gasteiger charge is -1.90. The summed E-state index contributed by atoms with van der Waals surface area (Å²) in [5, 5.41) is 0.478. The number of unbranched alkanes of at least 4 members (excludes halogenated alkanes) is 1. The monoisotopic (exact) mass is 154 g/mol. The molecule has 0 aromatic carbocycles. The normalized spacial score (nSPS) is 16.1. The summed E-state index contributed by atoms with van der Waals surface area (Å²) in [6, 6.07) is 0. The molecule has 1 aliphatic heterocycles. The Morgan fingerprint density at radius 1 is 1.60 bits per heavy atom. The Morgan fingerprint density at radius 3 is 2.90 bits per heavy atom. The van der Waals surface area contributed by atoms with Crippen LogP contribution >= 0.6 is 12.2 Å². The second kappa shape index (κ2) is 3.56. The second-order valence-corrected chi connectivity index (χ2v) is 2.61. The van der Waals surface area contributed by atoms with Gasteiger partial charge in [-0.1, -0.05) is 13.3 Å². The molecule has 0 aromatic rings. The standard InChI is InChI=1S/C7H10N2S/c1-2-3-4-6-5-8-7(10)9-6/h5H,2-4H2,1H3. The van der Waals surface area contributed by atoms with Crippen molar-refractivity contribution in [3.63, 3.8) is 0 Å². The SMILES string of the molecule is CCCCC1=NC(=S)N=C1. The van der Waals surface area contributed by atoms with E-state index in [1.54, 1.807) is 6.21 Å². The minimum Gasteiger partial charge on any atom is -0.225 e. The molecule has 1 rings (SSSR count). The first-order valence-corrected chi connectivity index (χ1v) is 3.89. The minimum atomic E-state index is 0.478. The Kier molecular flexibility index (Phi) is 2.68. The van der Waals surface area contributed by atoms with Crippen molar-refractivity contribution < 1.29 is 0 Å². The molecule has 0 fully saturated rings. The van der Waals surface area contributed by atoms with Crippen molar-refractivity contribution >= 4 is 29.3 Å². The average Bonchev–Trinajstić information content (AvgIpc) is 2.31. The summed E-state index contributed by atoms with van der Waals surface area (Å²) in [5.74, 6) is 0. The van der Waals surface area contributed by atoms with Gasteiger partial charge in [-0.25, -0.2) is 9.98 Å². The summed E-state index contributed by atoms with van der Waals surface area (Å²) in [6.07, 6.45) is 5.14. The number of rotatable bonds is 3. The second-order valence-electron chi connectivity index (χ2n) is 2.25. The lowest BCUT2D eigenvalue weighted by Crippen LogP contribution is -1.94. The van der Waals surface area contributed by atoms with Gasteiger partial charge in [0.15, 0.2) is 0 Å². The number of hydrogen-bond donors (Lipinski definition) is 0. The molecule has 0 amide bonds. The first-order chi connectivity index (χ1) is 4.83. The van der Waals surface area contributed by atoms with Crippen molar-refractivity contribution in [2.45, 2.75) is 26.2 Å². The first kappa shape index (κ1) is 7.54. The third kappa shape index (κ3) is 1.99. The molecule has 0 atom stereocenters. The van der Waals surface area contributed by atoms with Crippen LogP contribution in [0, 0.1) is 0 Å². The van der Waals surface area contributed by atoms with Crippen LogP contribution in [0.15, 0.2) is 9.98 Å². The molecular weight excluding hydrogens is 144 g/mol. The van der Waals surface area contributed by atoms with Crippen LogP contribution in [0.25, 0.3) is 0 Å². The first-order valence-electron chi connectivity index (χ1n) is 3.48. The highest BCUT2D eigenvalue weighted by molar-refractivity contribution is 7.80. The molecule has 0 spiro atoms. The lowest BCUT2D eigenvalue weighted by molar-refractivity contribution is 0.840. The van der Waals surface area contributed by atoms with E-state index in [9.17, 15) is 0 Å². The van der Waals surface area contributed by atoms with Crippen molar-refractivity contribution in [3.05, 3.63) is 0 Å². The van der Waals surface area contributed by atoms with Gasteiger partial charge in [0.05, 0.1) is 11.9 Å². The molecule has 0 aromatic heterocycles. The molecule has 0 saturated heterocycles. The van der Waals surface area contributed by atoms with Crippen LogP contribution in [0.5, 0.6) is 0 Å². The maximum atomic E-state index is 4.76. The molecule has 2 nitrogen and oxygen atoms in total. The summed E-state index contributed by atoms with van der Waals surface area (Å²) >= 11 is 4.76. The van der Waals surface area contributed by atoms with E-state index in [4.69, 9.17) is 12.2 Å². The van der Waals surface area contributed by atoms with Crippen LogP contribution in [0.3, 0.4) is 0 Å². The highest BCUT2D eigenvalue weighted by Crippen LogP contribution is 2.01. The molecule has 10 heavy (non-hydrogen) atoms. The quantitative estimate of drug-likeness (QED) is 0.570. The van der Waals surface area contributed by atoms with Gasteiger partial charge >= 0.3 is 0 Å². The Balaban J connectivity index is 2.37. The van der Waals surface area contributed by atoms with Gasteiger partial charge < -0.3 is 0 Å². The van der Waals surface area contributed by atoms with Gasteiger partial charge in [-0.15, -0.1) is 0 Å². The van der Waals surface area contributed by atoms with Gasteiger partial charge in [0.25, 0.3) is 0 Å². The topological polar surface area (TPSA) is 24.7 Å².